The molecule has 3 spiro atoms. The fourth-order valence-corrected chi connectivity index (χ4v) is 13.7. The average molecular weight is 659 g/mol. The van der Waals surface area contributed by atoms with E-state index in [0.717, 1.165) is 44.9 Å². The van der Waals surface area contributed by atoms with E-state index in [4.69, 9.17) is 28.4 Å². The van der Waals surface area contributed by atoms with E-state index in [1.165, 1.54) is 0 Å². The Bertz CT molecular complexity index is 1410. The van der Waals surface area contributed by atoms with Crippen LogP contribution in [0.25, 0.3) is 0 Å². The number of epoxide rings is 1. The van der Waals surface area contributed by atoms with E-state index in [-0.39, 0.29) is 75.6 Å². The highest BCUT2D eigenvalue weighted by Gasteiger charge is 2.85. The maximum absolute atomic E-state index is 12.9. The Hall–Kier alpha value is -1.11. The summed E-state index contributed by atoms with van der Waals surface area (Å²) in [4.78, 5) is 12.9. The van der Waals surface area contributed by atoms with Gasteiger partial charge < -0.3 is 43.7 Å². The zero-order chi connectivity index (χ0) is 33.3. The lowest BCUT2D eigenvalue weighted by Crippen LogP contribution is -2.61. The lowest BCUT2D eigenvalue weighted by molar-refractivity contribution is -0.307. The van der Waals surface area contributed by atoms with Crippen molar-refractivity contribution in [3.63, 3.8) is 0 Å². The first-order chi connectivity index (χ1) is 22.0. The number of hydrogen-bond acceptors (Lipinski definition) is 10. The maximum Gasteiger partial charge on any atom is 0.302 e. The van der Waals surface area contributed by atoms with E-state index in [1.807, 2.05) is 0 Å². The summed E-state index contributed by atoms with van der Waals surface area (Å²) in [7, 11) is 0. The minimum Gasteiger partial charge on any atom is -0.462 e. The van der Waals surface area contributed by atoms with E-state index in [1.54, 1.807) is 12.5 Å². The van der Waals surface area contributed by atoms with Gasteiger partial charge in [0.1, 0.15) is 36.1 Å². The van der Waals surface area contributed by atoms with Gasteiger partial charge in [-0.3, -0.25) is 4.79 Å². The molecule has 262 valence electrons. The number of carbonyl (C=O) groups is 1. The second-order valence-electron chi connectivity index (χ2n) is 18.5. The molecule has 17 atom stereocenters. The van der Waals surface area contributed by atoms with E-state index in [2.05, 4.69) is 47.6 Å². The van der Waals surface area contributed by atoms with E-state index in [9.17, 15) is 20.1 Å². The Kier molecular flexibility index (Phi) is 6.37. The molecule has 4 saturated heterocycles. The third kappa shape index (κ3) is 3.73. The van der Waals surface area contributed by atoms with Gasteiger partial charge >= 0.3 is 5.97 Å². The number of rotatable bonds is 3. The van der Waals surface area contributed by atoms with Crippen LogP contribution < -0.4 is 0 Å². The quantitative estimate of drug-likeness (QED) is 0.234. The van der Waals surface area contributed by atoms with Gasteiger partial charge in [-0.15, -0.1) is 0 Å². The van der Waals surface area contributed by atoms with Crippen LogP contribution in [0.15, 0.2) is 11.6 Å². The molecule has 0 aromatic carbocycles. The molecule has 0 radical (unpaired) electrons. The van der Waals surface area contributed by atoms with Gasteiger partial charge in [0.05, 0.1) is 25.4 Å². The largest absolute Gasteiger partial charge is 0.462 e. The molecule has 9 aliphatic rings. The molecule has 10 heteroatoms. The van der Waals surface area contributed by atoms with Crippen molar-refractivity contribution in [2.75, 3.05) is 13.2 Å². The minimum absolute atomic E-state index is 0.0156. The summed E-state index contributed by atoms with van der Waals surface area (Å²) < 4.78 is 38.3. The van der Waals surface area contributed by atoms with Crippen LogP contribution in [0.1, 0.15) is 93.4 Å². The predicted molar refractivity (Wildman–Crippen MR) is 166 cm³/mol. The van der Waals surface area contributed by atoms with E-state index in [0.29, 0.717) is 18.4 Å². The van der Waals surface area contributed by atoms with Crippen molar-refractivity contribution >= 4 is 5.97 Å². The maximum atomic E-state index is 12.9. The standard InChI is InChI=1S/C37H54O10/c1-18-12-37(30-33(6,47-30)17-43-37)46-21-13-32(5)23-9-8-22-31(3,4)24(45-29-28(41)27(40)20(39)15-42-29)10-11-35(22)16-36(23,35)14-25(44-19(2)38)34(32,7)26(18)21/h9,18,20-22,24-30,39-41H,8,10-17H2,1-7H3/t18-,20+,21+,22+,24+,25-,26+,27+,28-,29+,30+,32+,33+,34-,35-,36+,37+/m1/s1. The first-order valence-corrected chi connectivity index (χ1v) is 18.2. The monoisotopic (exact) mass is 658 g/mol. The van der Waals surface area contributed by atoms with Crippen molar-refractivity contribution in [3.8, 4) is 0 Å². The zero-order valence-corrected chi connectivity index (χ0v) is 29.0. The number of hydrogen-bond donors (Lipinski definition) is 3. The fourth-order valence-electron chi connectivity index (χ4n) is 13.7. The van der Waals surface area contributed by atoms with Gasteiger partial charge in [0, 0.05) is 29.6 Å². The molecule has 47 heavy (non-hydrogen) atoms. The van der Waals surface area contributed by atoms with Gasteiger partial charge in [-0.1, -0.05) is 46.3 Å². The molecule has 0 amide bonds. The van der Waals surface area contributed by atoms with Crippen LogP contribution >= 0.6 is 0 Å². The Balaban J connectivity index is 1.06. The summed E-state index contributed by atoms with van der Waals surface area (Å²) in [5.74, 6) is -0.0424. The molecule has 0 aromatic heterocycles. The number of esters is 1. The highest BCUT2D eigenvalue weighted by atomic mass is 16.8. The Morgan fingerprint density at radius 2 is 1.77 bits per heavy atom. The summed E-state index contributed by atoms with van der Waals surface area (Å²) >= 11 is 0. The van der Waals surface area contributed by atoms with Crippen LogP contribution in [0.4, 0.5) is 0 Å². The highest BCUT2D eigenvalue weighted by molar-refractivity contribution is 5.66. The van der Waals surface area contributed by atoms with Crippen LogP contribution in [-0.4, -0.2) is 94.9 Å². The molecule has 4 aliphatic heterocycles. The molecular weight excluding hydrogens is 604 g/mol. The SMILES string of the molecule is CC(=O)O[C@@H]1C[C@@]23C[C@@]24CC[C@H](O[C@@H]2OC[C@H](O)[C@H](O)[C@H]2O)C(C)(C)[C@@H]4CC=C3[C@]2(C)C[C@@H]3O[C@]4(C[C@@H](C)[C@@H]3[C@@]12C)OC[C@]1(C)O[C@H]41. The number of ether oxygens (including phenoxy) is 6. The third-order valence-corrected chi connectivity index (χ3v) is 16.0. The number of carbonyl (C=O) groups excluding carboxylic acids is 1. The van der Waals surface area contributed by atoms with Crippen molar-refractivity contribution < 1.29 is 48.5 Å². The van der Waals surface area contributed by atoms with Gasteiger partial charge in [-0.25, -0.2) is 0 Å². The zero-order valence-electron chi connectivity index (χ0n) is 29.0. The summed E-state index contributed by atoms with van der Waals surface area (Å²) in [6.07, 6.45) is 3.70. The average Bonchev–Trinajstić information content (AvgIpc) is 3.81. The number of allylic oxidation sites excluding steroid dienone is 2. The second-order valence-corrected chi connectivity index (χ2v) is 18.5. The van der Waals surface area contributed by atoms with Crippen molar-refractivity contribution in [2.24, 2.45) is 44.8 Å². The van der Waals surface area contributed by atoms with Gasteiger partial charge in [0.2, 0.25) is 0 Å². The third-order valence-electron chi connectivity index (χ3n) is 16.0. The lowest BCUT2D eigenvalue weighted by atomic mass is 9.44. The molecule has 4 saturated carbocycles. The Labute approximate surface area is 277 Å². The van der Waals surface area contributed by atoms with E-state index >= 15 is 0 Å². The molecule has 5 aliphatic carbocycles. The minimum atomic E-state index is -1.31. The lowest BCUT2D eigenvalue weighted by Gasteiger charge is -2.62. The van der Waals surface area contributed by atoms with Crippen molar-refractivity contribution in [3.05, 3.63) is 11.6 Å². The summed E-state index contributed by atoms with van der Waals surface area (Å²) in [6, 6.07) is 0. The van der Waals surface area contributed by atoms with E-state index < -0.39 is 30.4 Å². The molecule has 3 N–H and O–H groups in total. The summed E-state index contributed by atoms with van der Waals surface area (Å²) in [5, 5.41) is 30.9. The Morgan fingerprint density at radius 3 is 2.45 bits per heavy atom. The van der Waals surface area contributed by atoms with Crippen molar-refractivity contribution in [1.29, 1.82) is 0 Å². The van der Waals surface area contributed by atoms with Crippen LogP contribution in [0.3, 0.4) is 0 Å². The first-order valence-electron chi connectivity index (χ1n) is 18.2. The van der Waals surface area contributed by atoms with Crippen molar-refractivity contribution in [1.82, 2.24) is 0 Å². The topological polar surface area (TPSA) is 136 Å². The Morgan fingerprint density at radius 1 is 1.00 bits per heavy atom. The molecule has 8 fully saturated rings. The smallest absolute Gasteiger partial charge is 0.302 e. The van der Waals surface area contributed by atoms with Crippen LogP contribution in [0, 0.1) is 44.8 Å². The summed E-state index contributed by atoms with van der Waals surface area (Å²) in [6.45, 7) is 15.9. The molecule has 0 aromatic rings. The van der Waals surface area contributed by atoms with Gasteiger partial charge in [-0.05, 0) is 74.0 Å². The number of fused-ring (bicyclic) bond motifs is 6. The molecule has 0 bridgehead atoms. The van der Waals surface area contributed by atoms with Crippen molar-refractivity contribution in [2.45, 2.75) is 154 Å². The van der Waals surface area contributed by atoms with Crippen LogP contribution in [-0.2, 0) is 33.2 Å². The first kappa shape index (κ1) is 31.8. The summed E-state index contributed by atoms with van der Waals surface area (Å²) in [5.41, 5.74) is 0.598. The number of aliphatic hydroxyl groups is 3. The molecule has 0 unspecified atom stereocenters. The second kappa shape index (κ2) is 9.40. The molecular formula is C37H54O10. The predicted octanol–water partition coefficient (Wildman–Crippen LogP) is 3.63. The normalized spacial score (nSPS) is 61.1. The fraction of sp³-hybridized carbons (Fsp3) is 0.919. The highest BCUT2D eigenvalue weighted by Crippen LogP contribution is 2.88. The van der Waals surface area contributed by atoms with Crippen LogP contribution in [0.2, 0.25) is 0 Å². The number of aliphatic hydroxyl groups excluding tert-OH is 3. The van der Waals surface area contributed by atoms with Gasteiger partial charge in [0.25, 0.3) is 0 Å². The van der Waals surface area contributed by atoms with Gasteiger partial charge in [0.15, 0.2) is 12.1 Å². The van der Waals surface area contributed by atoms with Gasteiger partial charge in [-0.2, -0.15) is 0 Å². The molecule has 9 rings (SSSR count). The molecule has 4 heterocycles. The van der Waals surface area contributed by atoms with Crippen LogP contribution in [0.5, 0.6) is 0 Å². The molecule has 10 nitrogen and oxygen atoms in total.